The maximum atomic E-state index is 11.4. The van der Waals surface area contributed by atoms with Gasteiger partial charge in [-0.25, -0.2) is 9.78 Å². The Morgan fingerprint density at radius 1 is 0.854 bits per heavy atom. The first-order valence-electron chi connectivity index (χ1n) is 14.0. The normalized spacial score (nSPS) is 15.9. The summed E-state index contributed by atoms with van der Waals surface area (Å²) in [5.74, 6) is 0.861. The van der Waals surface area contributed by atoms with Crippen LogP contribution in [0, 0.1) is 0 Å². The van der Waals surface area contributed by atoms with Crippen LogP contribution in [-0.2, 0) is 6.54 Å². The molecule has 1 aliphatic carbocycles. The molecule has 1 aromatic heterocycles. The Morgan fingerprint density at radius 2 is 1.49 bits per heavy atom. The predicted octanol–water partition coefficient (Wildman–Crippen LogP) is 8.16. The number of nitrogens with zero attached hydrogens (tertiary/aromatic N) is 3. The van der Waals surface area contributed by atoms with Gasteiger partial charge in [0, 0.05) is 41.5 Å². The smallest absolute Gasteiger partial charge is 0.335 e. The molecule has 1 saturated carbocycles. The molecule has 41 heavy (non-hydrogen) atoms. The molecule has 0 amide bonds. The number of imidazole rings is 1. The van der Waals surface area contributed by atoms with E-state index >= 15 is 0 Å². The Labute approximate surface area is 249 Å². The van der Waals surface area contributed by atoms with Gasteiger partial charge >= 0.3 is 5.97 Å². The van der Waals surface area contributed by atoms with E-state index in [9.17, 15) is 9.90 Å². The van der Waals surface area contributed by atoms with E-state index in [1.807, 2.05) is 36.4 Å². The van der Waals surface area contributed by atoms with Crippen molar-refractivity contribution in [2.45, 2.75) is 37.3 Å². The molecule has 4 aromatic carbocycles. The fourth-order valence-electron chi connectivity index (χ4n) is 6.11. The summed E-state index contributed by atoms with van der Waals surface area (Å²) in [6, 6.07) is 30.4. The number of carboxylic acid groups (broad SMARTS) is 1. The fourth-order valence-corrected chi connectivity index (χ4v) is 6.36. The molecule has 0 spiro atoms. The summed E-state index contributed by atoms with van der Waals surface area (Å²) in [4.78, 5) is 18.9. The van der Waals surface area contributed by atoms with Crippen molar-refractivity contribution in [3.63, 3.8) is 0 Å². The van der Waals surface area contributed by atoms with Crippen LogP contribution in [0.3, 0.4) is 0 Å². The van der Waals surface area contributed by atoms with E-state index in [4.69, 9.17) is 28.2 Å². The summed E-state index contributed by atoms with van der Waals surface area (Å²) in [6.45, 7) is 2.55. The molecule has 5 aromatic rings. The van der Waals surface area contributed by atoms with Crippen LogP contribution in [0.5, 0.6) is 0 Å². The molecular formula is C34H29Cl2N3O2. The van der Waals surface area contributed by atoms with E-state index < -0.39 is 5.97 Å². The molecule has 206 valence electrons. The molecule has 7 rings (SSSR count). The third-order valence-electron chi connectivity index (χ3n) is 8.31. The predicted molar refractivity (Wildman–Crippen MR) is 163 cm³/mol. The van der Waals surface area contributed by atoms with Crippen LogP contribution in [0.4, 0.5) is 0 Å². The quantitative estimate of drug-likeness (QED) is 0.188. The number of aromatic nitrogens is 2. The lowest BCUT2D eigenvalue weighted by Gasteiger charge is -2.41. The van der Waals surface area contributed by atoms with Crippen molar-refractivity contribution in [1.82, 2.24) is 14.5 Å². The Hall–Kier alpha value is -3.64. The average Bonchev–Trinajstić information content (AvgIpc) is 3.74. The number of carboxylic acids is 1. The molecule has 5 nitrogen and oxygen atoms in total. The minimum absolute atomic E-state index is 0.0288. The second-order valence-electron chi connectivity index (χ2n) is 11.3. The molecule has 2 aliphatic rings. The highest BCUT2D eigenvalue weighted by atomic mass is 35.5. The monoisotopic (exact) mass is 581 g/mol. The van der Waals surface area contributed by atoms with Crippen LogP contribution in [-0.4, -0.2) is 38.6 Å². The molecule has 0 atom stereocenters. The molecule has 0 unspecified atom stereocenters. The van der Waals surface area contributed by atoms with E-state index in [0.29, 0.717) is 17.5 Å². The van der Waals surface area contributed by atoms with Crippen LogP contribution < -0.4 is 0 Å². The van der Waals surface area contributed by atoms with Crippen LogP contribution in [0.15, 0.2) is 91.0 Å². The molecule has 1 aliphatic heterocycles. The van der Waals surface area contributed by atoms with Gasteiger partial charge in [0.25, 0.3) is 0 Å². The van der Waals surface area contributed by atoms with E-state index in [2.05, 4.69) is 51.9 Å². The summed E-state index contributed by atoms with van der Waals surface area (Å²) in [7, 11) is 0. The minimum atomic E-state index is -0.890. The van der Waals surface area contributed by atoms with Gasteiger partial charge in [-0.05, 0) is 83.6 Å². The molecule has 7 heteroatoms. The number of aromatic carboxylic acids is 1. The van der Waals surface area contributed by atoms with E-state index in [0.717, 1.165) is 40.8 Å². The first-order valence-corrected chi connectivity index (χ1v) is 14.8. The van der Waals surface area contributed by atoms with Gasteiger partial charge in [-0.1, -0.05) is 65.7 Å². The zero-order valence-corrected chi connectivity index (χ0v) is 23.9. The first-order chi connectivity index (χ1) is 19.9. The van der Waals surface area contributed by atoms with Crippen molar-refractivity contribution in [2.75, 3.05) is 13.1 Å². The van der Waals surface area contributed by atoms with Gasteiger partial charge in [0.1, 0.15) is 5.82 Å². The molecule has 2 heterocycles. The summed E-state index contributed by atoms with van der Waals surface area (Å²) in [6.07, 6.45) is 2.37. The maximum absolute atomic E-state index is 11.4. The zero-order chi connectivity index (χ0) is 28.1. The molecule has 0 radical (unpaired) electrons. The van der Waals surface area contributed by atoms with Crippen LogP contribution in [0.25, 0.3) is 11.0 Å². The number of benzene rings is 4. The number of likely N-dealkylation sites (tertiary alicyclic amines) is 1. The highest BCUT2D eigenvalue weighted by Gasteiger charge is 2.36. The van der Waals surface area contributed by atoms with Crippen molar-refractivity contribution < 1.29 is 9.90 Å². The summed E-state index contributed by atoms with van der Waals surface area (Å²) in [5.41, 5.74) is 7.11. The van der Waals surface area contributed by atoms with E-state index in [1.165, 1.54) is 40.9 Å². The number of hydrogen-bond donors (Lipinski definition) is 1. The lowest BCUT2D eigenvalue weighted by molar-refractivity contribution is 0.0696. The SMILES string of the molecule is O=C(O)c1cccc(CN2CC(n3c(C4CC4)nc4ccc(C(c5ccc(Cl)cc5)c5ccc(Cl)cc5)cc43)C2)c1. The van der Waals surface area contributed by atoms with Gasteiger partial charge in [-0.3, -0.25) is 4.90 Å². The summed E-state index contributed by atoms with van der Waals surface area (Å²) in [5, 5.41) is 10.8. The van der Waals surface area contributed by atoms with Gasteiger partial charge in [0.2, 0.25) is 0 Å². The third kappa shape index (κ3) is 5.26. The van der Waals surface area contributed by atoms with Crippen LogP contribution >= 0.6 is 23.2 Å². The largest absolute Gasteiger partial charge is 0.478 e. The van der Waals surface area contributed by atoms with Crippen molar-refractivity contribution in [3.8, 4) is 0 Å². The average molecular weight is 583 g/mol. The maximum Gasteiger partial charge on any atom is 0.335 e. The number of rotatable bonds is 8. The molecule has 2 fully saturated rings. The Balaban J connectivity index is 1.23. The Kier molecular flexibility index (Phi) is 6.82. The highest BCUT2D eigenvalue weighted by Crippen LogP contribution is 2.44. The minimum Gasteiger partial charge on any atom is -0.478 e. The van der Waals surface area contributed by atoms with Crippen molar-refractivity contribution in [1.29, 1.82) is 0 Å². The topological polar surface area (TPSA) is 58.4 Å². The highest BCUT2D eigenvalue weighted by molar-refractivity contribution is 6.30. The van der Waals surface area contributed by atoms with Crippen molar-refractivity contribution in [3.05, 3.63) is 135 Å². The lowest BCUT2D eigenvalue weighted by atomic mass is 9.85. The van der Waals surface area contributed by atoms with Crippen LogP contribution in [0.2, 0.25) is 10.0 Å². The van der Waals surface area contributed by atoms with Crippen LogP contribution in [0.1, 0.15) is 69.2 Å². The van der Waals surface area contributed by atoms with Crippen molar-refractivity contribution >= 4 is 40.2 Å². The van der Waals surface area contributed by atoms with Gasteiger partial charge < -0.3 is 9.67 Å². The Morgan fingerprint density at radius 3 is 2.10 bits per heavy atom. The zero-order valence-electron chi connectivity index (χ0n) is 22.4. The second-order valence-corrected chi connectivity index (χ2v) is 12.1. The van der Waals surface area contributed by atoms with Gasteiger partial charge in [-0.15, -0.1) is 0 Å². The third-order valence-corrected chi connectivity index (χ3v) is 8.81. The molecule has 0 bridgehead atoms. The fraction of sp³-hybridized carbons (Fsp3) is 0.235. The molecule has 1 N–H and O–H groups in total. The second kappa shape index (κ2) is 10.6. The van der Waals surface area contributed by atoms with E-state index in [1.54, 1.807) is 12.1 Å². The number of halogens is 2. The molecule has 1 saturated heterocycles. The molecular weight excluding hydrogens is 553 g/mol. The summed E-state index contributed by atoms with van der Waals surface area (Å²) >= 11 is 12.5. The first kappa shape index (κ1) is 26.3. The Bertz CT molecular complexity index is 1690. The standard InChI is InChI=1S/C34H29Cl2N3O2/c35-27-11-6-22(7-12-27)32(23-8-13-28(36)14-9-23)25-10-15-30-31(17-25)39(33(37-30)24-4-5-24)29-19-38(20-29)18-21-2-1-3-26(16-21)34(40)41/h1-3,6-17,24,29,32H,4-5,18-20H2,(H,40,41). The summed E-state index contributed by atoms with van der Waals surface area (Å²) < 4.78 is 2.49. The lowest BCUT2D eigenvalue weighted by Crippen LogP contribution is -2.47. The number of fused-ring (bicyclic) bond motifs is 1. The van der Waals surface area contributed by atoms with Gasteiger partial charge in [-0.2, -0.15) is 0 Å². The van der Waals surface area contributed by atoms with E-state index in [-0.39, 0.29) is 5.92 Å². The number of carbonyl (C=O) groups is 1. The van der Waals surface area contributed by atoms with Gasteiger partial charge in [0.15, 0.2) is 0 Å². The number of hydrogen-bond acceptors (Lipinski definition) is 3. The van der Waals surface area contributed by atoms with Gasteiger partial charge in [0.05, 0.1) is 22.6 Å². The van der Waals surface area contributed by atoms with Crippen molar-refractivity contribution in [2.24, 2.45) is 0 Å².